The van der Waals surface area contributed by atoms with E-state index in [1.165, 1.54) is 0 Å². The van der Waals surface area contributed by atoms with Gasteiger partial charge in [0, 0.05) is 6.42 Å². The minimum absolute atomic E-state index is 0.262. The minimum atomic E-state index is -1.11. The Morgan fingerprint density at radius 1 is 1.23 bits per heavy atom. The monoisotopic (exact) mass is 190 g/mol. The summed E-state index contributed by atoms with van der Waals surface area (Å²) in [6.07, 6.45) is 0.884. The minimum Gasteiger partial charge on any atom is -0.393 e. The highest BCUT2D eigenvalue weighted by atomic mass is 16.3. The van der Waals surface area contributed by atoms with E-state index < -0.39 is 11.7 Å². The molecule has 0 aromatic carbocycles. The Balaban J connectivity index is 4.10. The zero-order valence-corrected chi connectivity index (χ0v) is 8.82. The van der Waals surface area contributed by atoms with E-state index in [1.54, 1.807) is 0 Å². The first-order valence-electron chi connectivity index (χ1n) is 4.95. The molecule has 0 radical (unpaired) electrons. The zero-order chi connectivity index (χ0) is 10.5. The Hall–Kier alpha value is -0.120. The fraction of sp³-hybridized carbons (Fsp3) is 1.00. The number of aliphatic hydroxyl groups excluding tert-OH is 2. The fourth-order valence-corrected chi connectivity index (χ4v) is 1.56. The van der Waals surface area contributed by atoms with E-state index in [4.69, 9.17) is 5.11 Å². The van der Waals surface area contributed by atoms with Crippen LogP contribution in [0.3, 0.4) is 0 Å². The van der Waals surface area contributed by atoms with E-state index >= 15 is 0 Å². The predicted octanol–water partition coefficient (Wildman–Crippen LogP) is 0.917. The molecule has 0 rings (SSSR count). The van der Waals surface area contributed by atoms with E-state index in [-0.39, 0.29) is 13.0 Å². The first-order valence-corrected chi connectivity index (χ1v) is 4.95. The molecule has 3 nitrogen and oxygen atoms in total. The van der Waals surface area contributed by atoms with Gasteiger partial charge in [-0.15, -0.1) is 0 Å². The SMILES string of the molecule is CCC(O)CC(O)(CO)CC(C)C. The van der Waals surface area contributed by atoms with Gasteiger partial charge in [0.1, 0.15) is 0 Å². The fourth-order valence-electron chi connectivity index (χ4n) is 1.56. The topological polar surface area (TPSA) is 60.7 Å². The van der Waals surface area contributed by atoms with Crippen LogP contribution in [-0.2, 0) is 0 Å². The molecule has 0 saturated heterocycles. The van der Waals surface area contributed by atoms with E-state index in [0.717, 1.165) is 0 Å². The van der Waals surface area contributed by atoms with Gasteiger partial charge in [-0.3, -0.25) is 0 Å². The van der Waals surface area contributed by atoms with Gasteiger partial charge in [0.25, 0.3) is 0 Å². The Morgan fingerprint density at radius 3 is 2.08 bits per heavy atom. The molecule has 0 spiro atoms. The van der Waals surface area contributed by atoms with Crippen LogP contribution in [0.5, 0.6) is 0 Å². The molecule has 0 fully saturated rings. The van der Waals surface area contributed by atoms with Gasteiger partial charge in [-0.25, -0.2) is 0 Å². The van der Waals surface area contributed by atoms with Crippen molar-refractivity contribution in [3.8, 4) is 0 Å². The quantitative estimate of drug-likeness (QED) is 0.583. The lowest BCUT2D eigenvalue weighted by molar-refractivity contribution is -0.0631. The van der Waals surface area contributed by atoms with E-state index in [2.05, 4.69) is 0 Å². The van der Waals surface area contributed by atoms with Crippen LogP contribution in [0.4, 0.5) is 0 Å². The van der Waals surface area contributed by atoms with Crippen molar-refractivity contribution < 1.29 is 15.3 Å². The molecule has 0 aromatic heterocycles. The summed E-state index contributed by atoms with van der Waals surface area (Å²) in [6.45, 7) is 5.55. The maximum Gasteiger partial charge on any atom is 0.0904 e. The van der Waals surface area contributed by atoms with Gasteiger partial charge in [0.2, 0.25) is 0 Å². The standard InChI is InChI=1S/C10H22O3/c1-4-9(12)6-10(13,7-11)5-8(2)3/h8-9,11-13H,4-7H2,1-3H3. The summed E-state index contributed by atoms with van der Waals surface area (Å²) in [5, 5.41) is 28.3. The first-order chi connectivity index (χ1) is 5.93. The van der Waals surface area contributed by atoms with Crippen molar-refractivity contribution in [2.24, 2.45) is 5.92 Å². The number of aliphatic hydroxyl groups is 3. The van der Waals surface area contributed by atoms with Crippen LogP contribution in [-0.4, -0.2) is 33.6 Å². The van der Waals surface area contributed by atoms with Crippen LogP contribution in [0.1, 0.15) is 40.0 Å². The highest BCUT2D eigenvalue weighted by Gasteiger charge is 2.29. The molecular weight excluding hydrogens is 168 g/mol. The van der Waals surface area contributed by atoms with Gasteiger partial charge >= 0.3 is 0 Å². The molecule has 0 aliphatic rings. The second kappa shape index (κ2) is 5.58. The number of hydrogen-bond acceptors (Lipinski definition) is 3. The van der Waals surface area contributed by atoms with Crippen molar-refractivity contribution in [2.75, 3.05) is 6.61 Å². The highest BCUT2D eigenvalue weighted by Crippen LogP contribution is 2.22. The molecule has 0 amide bonds. The van der Waals surface area contributed by atoms with E-state index in [0.29, 0.717) is 18.8 Å². The third-order valence-corrected chi connectivity index (χ3v) is 2.17. The third kappa shape index (κ3) is 5.24. The van der Waals surface area contributed by atoms with E-state index in [1.807, 2.05) is 20.8 Å². The van der Waals surface area contributed by atoms with Crippen LogP contribution in [0, 0.1) is 5.92 Å². The molecule has 2 unspecified atom stereocenters. The summed E-state index contributed by atoms with van der Waals surface area (Å²) in [6, 6.07) is 0. The van der Waals surface area contributed by atoms with Crippen molar-refractivity contribution in [1.29, 1.82) is 0 Å². The average molecular weight is 190 g/mol. The smallest absolute Gasteiger partial charge is 0.0904 e. The number of hydrogen-bond donors (Lipinski definition) is 3. The van der Waals surface area contributed by atoms with Gasteiger partial charge in [-0.1, -0.05) is 20.8 Å². The van der Waals surface area contributed by atoms with Gasteiger partial charge in [-0.2, -0.15) is 0 Å². The molecule has 3 N–H and O–H groups in total. The highest BCUT2D eigenvalue weighted by molar-refractivity contribution is 4.81. The number of rotatable bonds is 6. The lowest BCUT2D eigenvalue weighted by atomic mass is 9.87. The Morgan fingerprint density at radius 2 is 1.77 bits per heavy atom. The normalized spacial score (nSPS) is 18.7. The Bertz CT molecular complexity index is 136. The summed E-state index contributed by atoms with van der Waals surface area (Å²) < 4.78 is 0. The molecule has 13 heavy (non-hydrogen) atoms. The lowest BCUT2D eigenvalue weighted by Crippen LogP contribution is -2.38. The molecule has 2 atom stereocenters. The average Bonchev–Trinajstić information content (AvgIpc) is 2.02. The van der Waals surface area contributed by atoms with Gasteiger partial charge in [-0.05, 0) is 18.8 Å². The second-order valence-electron chi connectivity index (χ2n) is 4.25. The summed E-state index contributed by atoms with van der Waals surface area (Å²) in [5.74, 6) is 0.321. The zero-order valence-electron chi connectivity index (χ0n) is 8.82. The molecule has 0 aliphatic carbocycles. The predicted molar refractivity (Wildman–Crippen MR) is 52.4 cm³/mol. The largest absolute Gasteiger partial charge is 0.393 e. The molecule has 0 saturated carbocycles. The van der Waals surface area contributed by atoms with Crippen molar-refractivity contribution in [1.82, 2.24) is 0 Å². The summed E-state index contributed by atoms with van der Waals surface area (Å²) in [7, 11) is 0. The summed E-state index contributed by atoms with van der Waals surface area (Å²) in [4.78, 5) is 0. The van der Waals surface area contributed by atoms with Crippen molar-refractivity contribution in [3.05, 3.63) is 0 Å². The molecule has 0 aromatic rings. The summed E-state index contributed by atoms with van der Waals surface area (Å²) in [5.41, 5.74) is -1.11. The van der Waals surface area contributed by atoms with Crippen LogP contribution < -0.4 is 0 Å². The molecule has 3 heteroatoms. The maximum atomic E-state index is 9.88. The van der Waals surface area contributed by atoms with Gasteiger partial charge < -0.3 is 15.3 Å². The Kier molecular flexibility index (Phi) is 5.53. The molecule has 0 aliphatic heterocycles. The van der Waals surface area contributed by atoms with Crippen LogP contribution in [0.2, 0.25) is 0 Å². The van der Waals surface area contributed by atoms with E-state index in [9.17, 15) is 10.2 Å². The summed E-state index contributed by atoms with van der Waals surface area (Å²) >= 11 is 0. The second-order valence-corrected chi connectivity index (χ2v) is 4.25. The molecule has 0 bridgehead atoms. The maximum absolute atomic E-state index is 9.88. The first kappa shape index (κ1) is 12.9. The molecule has 0 heterocycles. The van der Waals surface area contributed by atoms with Crippen molar-refractivity contribution >= 4 is 0 Å². The third-order valence-electron chi connectivity index (χ3n) is 2.17. The van der Waals surface area contributed by atoms with Crippen molar-refractivity contribution in [2.45, 2.75) is 51.7 Å². The van der Waals surface area contributed by atoms with Crippen LogP contribution >= 0.6 is 0 Å². The molecule has 80 valence electrons. The van der Waals surface area contributed by atoms with Gasteiger partial charge in [0.15, 0.2) is 0 Å². The van der Waals surface area contributed by atoms with Crippen LogP contribution in [0.25, 0.3) is 0 Å². The van der Waals surface area contributed by atoms with Crippen molar-refractivity contribution in [3.63, 3.8) is 0 Å². The van der Waals surface area contributed by atoms with Gasteiger partial charge in [0.05, 0.1) is 18.3 Å². The Labute approximate surface area is 80.4 Å². The van der Waals surface area contributed by atoms with Crippen LogP contribution in [0.15, 0.2) is 0 Å². The lowest BCUT2D eigenvalue weighted by Gasteiger charge is -2.29. The molecular formula is C10H22O3.